The molecule has 0 spiro atoms. The molecule has 0 atom stereocenters. The molecule has 6 heteroatoms. The average Bonchev–Trinajstić information content (AvgIpc) is 3.11. The predicted molar refractivity (Wildman–Crippen MR) is 107 cm³/mol. The molecule has 0 unspecified atom stereocenters. The van der Waals surface area contributed by atoms with Gasteiger partial charge in [0.15, 0.2) is 0 Å². The molecule has 0 bridgehead atoms. The number of nitrogens with zero attached hydrogens (tertiary/aromatic N) is 3. The lowest BCUT2D eigenvalue weighted by Gasteiger charge is -2.22. The molecule has 1 N–H and O–H groups in total. The Bertz CT molecular complexity index is 857. The lowest BCUT2D eigenvalue weighted by molar-refractivity contribution is 0.515. The van der Waals surface area contributed by atoms with Crippen LogP contribution in [0.1, 0.15) is 25.3 Å². The summed E-state index contributed by atoms with van der Waals surface area (Å²) in [6.07, 6.45) is 0. The second kappa shape index (κ2) is 8.23. The summed E-state index contributed by atoms with van der Waals surface area (Å²) in [5.41, 5.74) is 4.34. The highest BCUT2D eigenvalue weighted by Gasteiger charge is 2.10. The van der Waals surface area contributed by atoms with Gasteiger partial charge in [-0.25, -0.2) is 0 Å². The van der Waals surface area contributed by atoms with Gasteiger partial charge < -0.3 is 14.6 Å². The third-order valence-electron chi connectivity index (χ3n) is 4.33. The Balaban J connectivity index is 1.67. The molecule has 0 saturated carbocycles. The number of benzene rings is 2. The van der Waals surface area contributed by atoms with E-state index in [0.717, 1.165) is 24.3 Å². The first-order valence-electron chi connectivity index (χ1n) is 8.78. The summed E-state index contributed by atoms with van der Waals surface area (Å²) in [4.78, 5) is 2.33. The molecule has 0 radical (unpaired) electrons. The van der Waals surface area contributed by atoms with Crippen LogP contribution in [-0.2, 0) is 6.54 Å². The summed E-state index contributed by atoms with van der Waals surface area (Å²) >= 11 is 5.91. The fourth-order valence-electron chi connectivity index (χ4n) is 2.84. The standard InChI is InChI=1S/C20H23ClN4O/c1-4-25(5-2)17-10-11-18(14(3)12-17)22-13-19-23-24-20(26-19)15-6-8-16(21)9-7-15/h6-12,22H,4-5,13H2,1-3H3. The van der Waals surface area contributed by atoms with Crippen molar-refractivity contribution in [1.29, 1.82) is 0 Å². The zero-order valence-corrected chi connectivity index (χ0v) is 16.0. The zero-order chi connectivity index (χ0) is 18.5. The second-order valence-electron chi connectivity index (χ2n) is 6.03. The van der Waals surface area contributed by atoms with E-state index < -0.39 is 0 Å². The van der Waals surface area contributed by atoms with Gasteiger partial charge in [0.2, 0.25) is 11.8 Å². The Morgan fingerprint density at radius 2 is 1.77 bits per heavy atom. The summed E-state index contributed by atoms with van der Waals surface area (Å²) in [7, 11) is 0. The van der Waals surface area contributed by atoms with Crippen LogP contribution in [0.5, 0.6) is 0 Å². The van der Waals surface area contributed by atoms with Gasteiger partial charge in [0.1, 0.15) is 0 Å². The summed E-state index contributed by atoms with van der Waals surface area (Å²) < 4.78 is 5.73. The minimum absolute atomic E-state index is 0.478. The molecule has 3 rings (SSSR count). The monoisotopic (exact) mass is 370 g/mol. The fourth-order valence-corrected chi connectivity index (χ4v) is 2.96. The van der Waals surface area contributed by atoms with E-state index in [4.69, 9.17) is 16.0 Å². The number of nitrogens with one attached hydrogen (secondary N) is 1. The van der Waals surface area contributed by atoms with Crippen molar-refractivity contribution in [3.8, 4) is 11.5 Å². The topological polar surface area (TPSA) is 54.2 Å². The highest BCUT2D eigenvalue weighted by molar-refractivity contribution is 6.30. The molecule has 5 nitrogen and oxygen atoms in total. The van der Waals surface area contributed by atoms with Crippen molar-refractivity contribution in [3.63, 3.8) is 0 Å². The van der Waals surface area contributed by atoms with Gasteiger partial charge in [-0.05, 0) is 68.8 Å². The quantitative estimate of drug-likeness (QED) is 0.622. The van der Waals surface area contributed by atoms with Gasteiger partial charge in [-0.15, -0.1) is 10.2 Å². The molecule has 0 saturated heterocycles. The minimum atomic E-state index is 0.478. The molecule has 1 aromatic heterocycles. The molecule has 0 fully saturated rings. The van der Waals surface area contributed by atoms with Crippen molar-refractivity contribution in [2.75, 3.05) is 23.3 Å². The molecule has 0 aliphatic rings. The maximum Gasteiger partial charge on any atom is 0.247 e. The Morgan fingerprint density at radius 1 is 1.04 bits per heavy atom. The average molecular weight is 371 g/mol. The lowest BCUT2D eigenvalue weighted by atomic mass is 10.1. The minimum Gasteiger partial charge on any atom is -0.419 e. The van der Waals surface area contributed by atoms with Crippen molar-refractivity contribution in [2.45, 2.75) is 27.3 Å². The van der Waals surface area contributed by atoms with Crippen LogP contribution in [0.4, 0.5) is 11.4 Å². The Labute approximate surface area is 159 Å². The smallest absolute Gasteiger partial charge is 0.247 e. The van der Waals surface area contributed by atoms with E-state index in [0.29, 0.717) is 23.3 Å². The molecule has 136 valence electrons. The third kappa shape index (κ3) is 4.17. The van der Waals surface area contributed by atoms with Crippen LogP contribution in [0.25, 0.3) is 11.5 Å². The fraction of sp³-hybridized carbons (Fsp3) is 0.300. The van der Waals surface area contributed by atoms with Crippen molar-refractivity contribution >= 4 is 23.0 Å². The molecule has 0 aliphatic heterocycles. The number of anilines is 2. The molecule has 3 aromatic rings. The van der Waals surface area contributed by atoms with Gasteiger partial charge in [0.25, 0.3) is 0 Å². The van der Waals surface area contributed by atoms with Gasteiger partial charge >= 0.3 is 0 Å². The number of rotatable bonds is 7. The van der Waals surface area contributed by atoms with E-state index in [-0.39, 0.29) is 0 Å². The first-order chi connectivity index (χ1) is 12.6. The molecule has 0 aliphatic carbocycles. The highest BCUT2D eigenvalue weighted by Crippen LogP contribution is 2.24. The van der Waals surface area contributed by atoms with Crippen molar-refractivity contribution in [3.05, 3.63) is 58.9 Å². The van der Waals surface area contributed by atoms with E-state index in [1.54, 1.807) is 12.1 Å². The first kappa shape index (κ1) is 18.3. The normalized spacial score (nSPS) is 10.8. The SMILES string of the molecule is CCN(CC)c1ccc(NCc2nnc(-c3ccc(Cl)cc3)o2)c(C)c1. The van der Waals surface area contributed by atoms with Crippen molar-refractivity contribution in [2.24, 2.45) is 0 Å². The first-order valence-corrected chi connectivity index (χ1v) is 9.16. The van der Waals surface area contributed by atoms with Gasteiger partial charge in [0, 0.05) is 35.1 Å². The number of halogens is 1. The molecular weight excluding hydrogens is 348 g/mol. The number of aromatic nitrogens is 2. The van der Waals surface area contributed by atoms with E-state index >= 15 is 0 Å². The van der Waals surface area contributed by atoms with Gasteiger partial charge in [0.05, 0.1) is 6.54 Å². The summed E-state index contributed by atoms with van der Waals surface area (Å²) in [5, 5.41) is 12.3. The van der Waals surface area contributed by atoms with Crippen LogP contribution in [0, 0.1) is 6.92 Å². The molecule has 2 aromatic carbocycles. The maximum atomic E-state index is 5.91. The van der Waals surface area contributed by atoms with E-state index in [1.807, 2.05) is 12.1 Å². The zero-order valence-electron chi connectivity index (χ0n) is 15.3. The third-order valence-corrected chi connectivity index (χ3v) is 4.58. The lowest BCUT2D eigenvalue weighted by Crippen LogP contribution is -2.21. The summed E-state index contributed by atoms with van der Waals surface area (Å²) in [6, 6.07) is 13.8. The van der Waals surface area contributed by atoms with Gasteiger partial charge in [-0.2, -0.15) is 0 Å². The Kier molecular flexibility index (Phi) is 5.78. The van der Waals surface area contributed by atoms with Crippen molar-refractivity contribution < 1.29 is 4.42 Å². The molecule has 1 heterocycles. The number of aryl methyl sites for hydroxylation is 1. The van der Waals surface area contributed by atoms with E-state index in [1.165, 1.54) is 11.3 Å². The summed E-state index contributed by atoms with van der Waals surface area (Å²) in [5.74, 6) is 1.04. The van der Waals surface area contributed by atoms with E-state index in [9.17, 15) is 0 Å². The largest absolute Gasteiger partial charge is 0.419 e. The van der Waals surface area contributed by atoms with Crippen LogP contribution in [0.15, 0.2) is 46.9 Å². The van der Waals surface area contributed by atoms with Crippen LogP contribution in [-0.4, -0.2) is 23.3 Å². The maximum absolute atomic E-state index is 5.91. The van der Waals surface area contributed by atoms with Gasteiger partial charge in [-0.3, -0.25) is 0 Å². The van der Waals surface area contributed by atoms with Crippen LogP contribution in [0.3, 0.4) is 0 Å². The number of hydrogen-bond donors (Lipinski definition) is 1. The molecule has 26 heavy (non-hydrogen) atoms. The van der Waals surface area contributed by atoms with Crippen LogP contribution >= 0.6 is 11.6 Å². The predicted octanol–water partition coefficient (Wildman–Crippen LogP) is 5.16. The van der Waals surface area contributed by atoms with Crippen LogP contribution in [0.2, 0.25) is 5.02 Å². The molecule has 0 amide bonds. The Morgan fingerprint density at radius 3 is 2.42 bits per heavy atom. The number of hydrogen-bond acceptors (Lipinski definition) is 5. The van der Waals surface area contributed by atoms with Crippen LogP contribution < -0.4 is 10.2 Å². The van der Waals surface area contributed by atoms with E-state index in [2.05, 4.69) is 59.4 Å². The Hall–Kier alpha value is -2.53. The second-order valence-corrected chi connectivity index (χ2v) is 6.47. The van der Waals surface area contributed by atoms with Gasteiger partial charge in [-0.1, -0.05) is 11.6 Å². The molecular formula is C20H23ClN4O. The summed E-state index contributed by atoms with van der Waals surface area (Å²) in [6.45, 7) is 8.91. The highest BCUT2D eigenvalue weighted by atomic mass is 35.5. The van der Waals surface area contributed by atoms with Crippen molar-refractivity contribution in [1.82, 2.24) is 10.2 Å².